The molecule has 0 bridgehead atoms. The van der Waals surface area contributed by atoms with E-state index in [2.05, 4.69) is 0 Å². The van der Waals surface area contributed by atoms with Crippen molar-refractivity contribution in [1.29, 1.82) is 5.26 Å². The number of thiocarbonyl (C=S) groups is 1. The summed E-state index contributed by atoms with van der Waals surface area (Å²) in [5.41, 5.74) is -0.644. The van der Waals surface area contributed by atoms with Crippen LogP contribution in [0.1, 0.15) is 30.4 Å². The second kappa shape index (κ2) is 7.95. The van der Waals surface area contributed by atoms with Crippen molar-refractivity contribution in [2.45, 2.75) is 31.0 Å². The molecule has 3 rings (SSSR count). The summed E-state index contributed by atoms with van der Waals surface area (Å²) in [4.78, 5) is 16.2. The molecular weight excluding hydrogens is 415 g/mol. The summed E-state index contributed by atoms with van der Waals surface area (Å²) in [7, 11) is 1.41. The zero-order chi connectivity index (χ0) is 22.1. The van der Waals surface area contributed by atoms with Gasteiger partial charge in [-0.1, -0.05) is 12.2 Å². The molecule has 1 saturated carbocycles. The van der Waals surface area contributed by atoms with Gasteiger partial charge in [0.1, 0.15) is 11.3 Å². The van der Waals surface area contributed by atoms with Crippen molar-refractivity contribution in [2.75, 3.05) is 16.8 Å². The van der Waals surface area contributed by atoms with Gasteiger partial charge in [-0.05, 0) is 61.7 Å². The van der Waals surface area contributed by atoms with Gasteiger partial charge in [0.25, 0.3) is 5.91 Å². The Labute approximate surface area is 176 Å². The van der Waals surface area contributed by atoms with Crippen LogP contribution in [0.15, 0.2) is 42.5 Å². The Bertz CT molecular complexity index is 1010. The largest absolute Gasteiger partial charge is 0.508 e. The topological polar surface area (TPSA) is 67.6 Å². The van der Waals surface area contributed by atoms with Gasteiger partial charge in [0.05, 0.1) is 22.7 Å². The fraction of sp³-hybridized carbons (Fsp3) is 0.286. The Hall–Kier alpha value is -3.12. The number of phenolic OH excluding ortho intramolecular Hbond substituents is 1. The first kappa shape index (κ1) is 21.6. The number of nitrogens with zero attached hydrogens (tertiary/aromatic N) is 3. The highest BCUT2D eigenvalue weighted by atomic mass is 32.1. The smallest absolute Gasteiger partial charge is 0.417 e. The Balaban J connectivity index is 1.99. The number of hydrogen-bond donors (Lipinski definition) is 1. The van der Waals surface area contributed by atoms with Gasteiger partial charge in [-0.25, -0.2) is 0 Å². The van der Waals surface area contributed by atoms with Crippen molar-refractivity contribution in [3.8, 4) is 11.8 Å². The predicted octanol–water partition coefficient (Wildman–Crippen LogP) is 4.63. The molecule has 1 amide bonds. The van der Waals surface area contributed by atoms with Crippen LogP contribution >= 0.6 is 12.2 Å². The molecule has 1 N–H and O–H groups in total. The number of likely N-dealkylation sites (N-methyl/N-ethyl adjacent to an activating group) is 1. The molecule has 1 fully saturated rings. The van der Waals surface area contributed by atoms with Crippen molar-refractivity contribution >= 4 is 35.0 Å². The van der Waals surface area contributed by atoms with Gasteiger partial charge >= 0.3 is 6.18 Å². The van der Waals surface area contributed by atoms with Crippen LogP contribution in [0.3, 0.4) is 0 Å². The number of hydrogen-bond acceptors (Lipinski definition) is 4. The number of anilines is 2. The summed E-state index contributed by atoms with van der Waals surface area (Å²) in [5, 5.41) is 18.5. The molecule has 0 saturated heterocycles. The number of carbonyl (C=O) groups excluding carboxylic acids is 1. The van der Waals surface area contributed by atoms with Crippen LogP contribution in [0.4, 0.5) is 24.5 Å². The van der Waals surface area contributed by atoms with Gasteiger partial charge < -0.3 is 14.9 Å². The number of aromatic hydroxyl groups is 1. The van der Waals surface area contributed by atoms with Crippen LogP contribution in [0, 0.1) is 11.3 Å². The van der Waals surface area contributed by atoms with Gasteiger partial charge in [0, 0.05) is 18.4 Å². The lowest BCUT2D eigenvalue weighted by Crippen LogP contribution is -2.63. The average Bonchev–Trinajstić information content (AvgIpc) is 2.69. The van der Waals surface area contributed by atoms with Crippen LogP contribution in [0.2, 0.25) is 0 Å². The van der Waals surface area contributed by atoms with E-state index in [1.54, 1.807) is 17.0 Å². The van der Waals surface area contributed by atoms with Gasteiger partial charge in [-0.2, -0.15) is 18.4 Å². The maximum atomic E-state index is 13.4. The Morgan fingerprint density at radius 1 is 1.20 bits per heavy atom. The predicted molar refractivity (Wildman–Crippen MR) is 110 cm³/mol. The highest BCUT2D eigenvalue weighted by Crippen LogP contribution is 2.43. The number of phenols is 1. The summed E-state index contributed by atoms with van der Waals surface area (Å²) in [5.74, 6) is -0.341. The highest BCUT2D eigenvalue weighted by Gasteiger charge is 2.50. The van der Waals surface area contributed by atoms with Crippen LogP contribution in [-0.4, -0.2) is 29.1 Å². The number of benzene rings is 2. The molecule has 1 aliphatic carbocycles. The first-order valence-electron chi connectivity index (χ1n) is 9.07. The maximum absolute atomic E-state index is 13.4. The van der Waals surface area contributed by atoms with Crippen molar-refractivity contribution in [1.82, 2.24) is 0 Å². The number of amides is 1. The normalized spacial score (nSPS) is 14.9. The summed E-state index contributed by atoms with van der Waals surface area (Å²) >= 11 is 5.14. The first-order chi connectivity index (χ1) is 14.1. The molecule has 1 aliphatic rings. The molecule has 0 radical (unpaired) electrons. The monoisotopic (exact) mass is 433 g/mol. The van der Waals surface area contributed by atoms with E-state index in [1.807, 2.05) is 0 Å². The molecule has 0 unspecified atom stereocenters. The Morgan fingerprint density at radius 3 is 2.27 bits per heavy atom. The Kier molecular flexibility index (Phi) is 5.72. The second-order valence-electron chi connectivity index (χ2n) is 7.08. The second-order valence-corrected chi connectivity index (χ2v) is 7.29. The molecule has 30 heavy (non-hydrogen) atoms. The molecule has 0 spiro atoms. The molecule has 5 nitrogen and oxygen atoms in total. The average molecular weight is 433 g/mol. The lowest BCUT2D eigenvalue weighted by molar-refractivity contribution is -0.137. The third kappa shape index (κ3) is 3.71. The lowest BCUT2D eigenvalue weighted by atomic mass is 9.74. The van der Waals surface area contributed by atoms with Crippen molar-refractivity contribution in [3.63, 3.8) is 0 Å². The van der Waals surface area contributed by atoms with Crippen molar-refractivity contribution in [3.05, 3.63) is 53.6 Å². The zero-order valence-electron chi connectivity index (χ0n) is 16.0. The number of alkyl halides is 3. The van der Waals surface area contributed by atoms with Gasteiger partial charge in [0.15, 0.2) is 0 Å². The highest BCUT2D eigenvalue weighted by molar-refractivity contribution is 7.79. The third-order valence-corrected chi connectivity index (χ3v) is 5.60. The quantitative estimate of drug-likeness (QED) is 0.697. The zero-order valence-corrected chi connectivity index (χ0v) is 16.8. The molecule has 156 valence electrons. The van der Waals surface area contributed by atoms with E-state index >= 15 is 0 Å². The van der Waals surface area contributed by atoms with E-state index in [-0.39, 0.29) is 11.4 Å². The fourth-order valence-electron chi connectivity index (χ4n) is 3.59. The van der Waals surface area contributed by atoms with Crippen molar-refractivity contribution in [2.24, 2.45) is 0 Å². The van der Waals surface area contributed by atoms with Gasteiger partial charge in [-0.15, -0.1) is 0 Å². The minimum absolute atomic E-state index is 0.0348. The Morgan fingerprint density at radius 2 is 1.80 bits per heavy atom. The number of halogens is 3. The van der Waals surface area contributed by atoms with E-state index in [4.69, 9.17) is 17.5 Å². The molecule has 0 aromatic heterocycles. The molecule has 2 aromatic rings. The molecule has 0 atom stereocenters. The van der Waals surface area contributed by atoms with Crippen LogP contribution in [-0.2, 0) is 11.0 Å². The summed E-state index contributed by atoms with van der Waals surface area (Å²) in [6.45, 7) is 0. The van der Waals surface area contributed by atoms with E-state index in [9.17, 15) is 23.1 Å². The van der Waals surface area contributed by atoms with E-state index < -0.39 is 28.7 Å². The van der Waals surface area contributed by atoms with Crippen molar-refractivity contribution < 1.29 is 23.1 Å². The molecule has 0 aliphatic heterocycles. The standard InChI is InChI=1S/C21H18F3N3O2S/c1-26(16-4-3-14(12-25)18(11-16)21(22,23)24)19(29)20(9-2-10-20)27(13-30)15-5-7-17(28)8-6-15/h3-8,11,13,28H,2,9-10H2,1H3. The minimum Gasteiger partial charge on any atom is -0.508 e. The first-order valence-corrected chi connectivity index (χ1v) is 9.54. The van der Waals surface area contributed by atoms with E-state index in [0.717, 1.165) is 18.6 Å². The molecular formula is C21H18F3N3O2S. The summed E-state index contributed by atoms with van der Waals surface area (Å²) in [6.07, 6.45) is -3.00. The number of rotatable bonds is 5. The molecule has 0 heterocycles. The van der Waals surface area contributed by atoms with Crippen LogP contribution < -0.4 is 9.80 Å². The van der Waals surface area contributed by atoms with Gasteiger partial charge in [0.2, 0.25) is 0 Å². The number of carbonyl (C=O) groups is 1. The van der Waals surface area contributed by atoms with Crippen LogP contribution in [0.5, 0.6) is 5.75 Å². The lowest BCUT2D eigenvalue weighted by Gasteiger charge is -2.49. The molecule has 2 aromatic carbocycles. The number of nitriles is 1. The van der Waals surface area contributed by atoms with E-state index in [1.165, 1.54) is 41.7 Å². The van der Waals surface area contributed by atoms with Crippen LogP contribution in [0.25, 0.3) is 0 Å². The maximum Gasteiger partial charge on any atom is 0.417 e. The third-order valence-electron chi connectivity index (χ3n) is 5.39. The summed E-state index contributed by atoms with van der Waals surface area (Å²) in [6, 6.07) is 10.9. The van der Waals surface area contributed by atoms with Gasteiger partial charge in [-0.3, -0.25) is 4.79 Å². The summed E-state index contributed by atoms with van der Waals surface area (Å²) < 4.78 is 40.0. The SMILES string of the molecule is CN(C(=O)C1(N(C=S)c2ccc(O)cc2)CCC1)c1ccc(C#N)c(C(F)(F)F)c1. The minimum atomic E-state index is -4.72. The molecule has 9 heteroatoms. The van der Waals surface area contributed by atoms with E-state index in [0.29, 0.717) is 18.5 Å². The fourth-order valence-corrected chi connectivity index (χ4v) is 3.92.